The maximum Gasteiger partial charge on any atom is 0.0637 e. The van der Waals surface area contributed by atoms with Crippen LogP contribution in [-0.2, 0) is 6.54 Å². The average molecular weight is 296 g/mol. The summed E-state index contributed by atoms with van der Waals surface area (Å²) in [6.45, 7) is 3.46. The number of hydrogen-bond donors (Lipinski definition) is 1. The maximum atomic E-state index is 9.00. The third kappa shape index (κ3) is 2.79. The Morgan fingerprint density at radius 3 is 3.00 bits per heavy atom. The summed E-state index contributed by atoms with van der Waals surface area (Å²) in [6.07, 6.45) is 2.12. The first-order chi connectivity index (χ1) is 9.28. The smallest absolute Gasteiger partial charge is 0.0637 e. The monoisotopic (exact) mass is 295 g/mol. The number of hydrogen-bond acceptors (Lipinski definition) is 3. The van der Waals surface area contributed by atoms with Crippen LogP contribution in [0, 0.1) is 5.92 Å². The molecule has 1 aromatic carbocycles. The third-order valence-electron chi connectivity index (χ3n) is 3.88. The molecular formula is C15H18ClNOS. The first-order valence-electron chi connectivity index (χ1n) is 6.77. The molecule has 1 atom stereocenters. The number of benzene rings is 1. The SMILES string of the molecule is OCCC1CCN(Cc2sc3ccccc3c2Cl)C1. The minimum Gasteiger partial charge on any atom is -0.396 e. The lowest BCUT2D eigenvalue weighted by Crippen LogP contribution is -2.19. The minimum absolute atomic E-state index is 0.308. The van der Waals surface area contributed by atoms with Gasteiger partial charge in [0, 0.05) is 34.7 Å². The first-order valence-corrected chi connectivity index (χ1v) is 7.96. The number of halogens is 1. The van der Waals surface area contributed by atoms with Gasteiger partial charge < -0.3 is 5.11 Å². The lowest BCUT2D eigenvalue weighted by molar-refractivity contribution is 0.250. The van der Waals surface area contributed by atoms with E-state index in [2.05, 4.69) is 23.1 Å². The molecule has 0 aliphatic carbocycles. The summed E-state index contributed by atoms with van der Waals surface area (Å²) in [5.74, 6) is 0.651. The molecule has 1 fully saturated rings. The molecule has 0 amide bonds. The third-order valence-corrected chi connectivity index (χ3v) is 5.58. The van der Waals surface area contributed by atoms with Crippen molar-refractivity contribution in [2.24, 2.45) is 5.92 Å². The van der Waals surface area contributed by atoms with Crippen LogP contribution in [0.5, 0.6) is 0 Å². The van der Waals surface area contributed by atoms with E-state index in [4.69, 9.17) is 16.7 Å². The van der Waals surface area contributed by atoms with Crippen LogP contribution < -0.4 is 0 Å². The largest absolute Gasteiger partial charge is 0.396 e. The van der Waals surface area contributed by atoms with Crippen LogP contribution >= 0.6 is 22.9 Å². The topological polar surface area (TPSA) is 23.5 Å². The second kappa shape index (κ2) is 5.80. The lowest BCUT2D eigenvalue weighted by Gasteiger charge is -2.14. The van der Waals surface area contributed by atoms with Crippen molar-refractivity contribution in [2.75, 3.05) is 19.7 Å². The van der Waals surface area contributed by atoms with Gasteiger partial charge in [0.1, 0.15) is 0 Å². The summed E-state index contributed by atoms with van der Waals surface area (Å²) in [5, 5.41) is 11.1. The summed E-state index contributed by atoms with van der Waals surface area (Å²) in [5.41, 5.74) is 0. The first kappa shape index (κ1) is 13.4. The van der Waals surface area contributed by atoms with Crippen LogP contribution in [0.1, 0.15) is 17.7 Å². The lowest BCUT2D eigenvalue weighted by atomic mass is 10.1. The molecule has 3 rings (SSSR count). The zero-order chi connectivity index (χ0) is 13.2. The zero-order valence-electron chi connectivity index (χ0n) is 10.8. The molecule has 1 unspecified atom stereocenters. The van der Waals surface area contributed by atoms with Crippen molar-refractivity contribution >= 4 is 33.0 Å². The van der Waals surface area contributed by atoms with Crippen molar-refractivity contribution < 1.29 is 5.11 Å². The van der Waals surface area contributed by atoms with Crippen molar-refractivity contribution in [3.63, 3.8) is 0 Å². The Morgan fingerprint density at radius 2 is 2.21 bits per heavy atom. The van der Waals surface area contributed by atoms with Crippen LogP contribution in [-0.4, -0.2) is 29.7 Å². The molecule has 1 aliphatic rings. The van der Waals surface area contributed by atoms with E-state index in [0.29, 0.717) is 12.5 Å². The van der Waals surface area contributed by atoms with E-state index in [-0.39, 0.29) is 0 Å². The van der Waals surface area contributed by atoms with Crippen LogP contribution in [0.2, 0.25) is 5.02 Å². The molecule has 2 heterocycles. The molecule has 0 radical (unpaired) electrons. The number of fused-ring (bicyclic) bond motifs is 1. The molecule has 4 heteroatoms. The fourth-order valence-electron chi connectivity index (χ4n) is 2.84. The van der Waals surface area contributed by atoms with E-state index in [1.165, 1.54) is 21.4 Å². The van der Waals surface area contributed by atoms with Gasteiger partial charge in [-0.3, -0.25) is 4.90 Å². The molecule has 1 aliphatic heterocycles. The van der Waals surface area contributed by atoms with E-state index < -0.39 is 0 Å². The van der Waals surface area contributed by atoms with Gasteiger partial charge in [0.15, 0.2) is 0 Å². The normalized spacial score (nSPS) is 20.4. The maximum absolute atomic E-state index is 9.00. The van der Waals surface area contributed by atoms with E-state index >= 15 is 0 Å². The fourth-order valence-corrected chi connectivity index (χ4v) is 4.38. The molecule has 1 N–H and O–H groups in total. The van der Waals surface area contributed by atoms with Crippen molar-refractivity contribution in [2.45, 2.75) is 19.4 Å². The summed E-state index contributed by atoms with van der Waals surface area (Å²) < 4.78 is 1.27. The highest BCUT2D eigenvalue weighted by atomic mass is 35.5. The van der Waals surface area contributed by atoms with Gasteiger partial charge in [0.2, 0.25) is 0 Å². The molecule has 0 bridgehead atoms. The highest BCUT2D eigenvalue weighted by Crippen LogP contribution is 2.36. The van der Waals surface area contributed by atoms with Gasteiger partial charge in [0.05, 0.1) is 5.02 Å². The number of aliphatic hydroxyl groups excluding tert-OH is 1. The predicted octanol–water partition coefficient (Wildman–Crippen LogP) is 3.76. The Hall–Kier alpha value is -0.610. The Balaban J connectivity index is 1.74. The van der Waals surface area contributed by atoms with Gasteiger partial charge in [0.25, 0.3) is 0 Å². The molecule has 19 heavy (non-hydrogen) atoms. The standard InChI is InChI=1S/C15H18ClNOS/c16-15-12-3-1-2-4-13(12)19-14(15)10-17-7-5-11(9-17)6-8-18/h1-4,11,18H,5-10H2. The van der Waals surface area contributed by atoms with Gasteiger partial charge in [-0.05, 0) is 31.4 Å². The van der Waals surface area contributed by atoms with E-state index in [0.717, 1.165) is 31.1 Å². The van der Waals surface area contributed by atoms with Crippen LogP contribution in [0.3, 0.4) is 0 Å². The fraction of sp³-hybridized carbons (Fsp3) is 0.467. The van der Waals surface area contributed by atoms with Crippen LogP contribution in [0.4, 0.5) is 0 Å². The van der Waals surface area contributed by atoms with Crippen LogP contribution in [0.25, 0.3) is 10.1 Å². The molecule has 102 valence electrons. The summed E-state index contributed by atoms with van der Waals surface area (Å²) in [4.78, 5) is 3.73. The Kier molecular flexibility index (Phi) is 4.08. The van der Waals surface area contributed by atoms with E-state index in [1.54, 1.807) is 11.3 Å². The zero-order valence-corrected chi connectivity index (χ0v) is 12.4. The molecular weight excluding hydrogens is 278 g/mol. The molecule has 0 spiro atoms. The van der Waals surface area contributed by atoms with Gasteiger partial charge >= 0.3 is 0 Å². The van der Waals surface area contributed by atoms with E-state index in [9.17, 15) is 0 Å². The number of rotatable bonds is 4. The second-order valence-corrected chi connectivity index (χ2v) is 6.75. The predicted molar refractivity (Wildman–Crippen MR) is 81.9 cm³/mol. The summed E-state index contributed by atoms with van der Waals surface area (Å²) in [6, 6.07) is 8.33. The second-order valence-electron chi connectivity index (χ2n) is 5.24. The number of thiophene rings is 1. The Labute approximate surface area is 122 Å². The average Bonchev–Trinajstić information content (AvgIpc) is 2.97. The molecule has 1 saturated heterocycles. The van der Waals surface area contributed by atoms with Crippen molar-refractivity contribution in [1.82, 2.24) is 4.90 Å². The van der Waals surface area contributed by atoms with Crippen LogP contribution in [0.15, 0.2) is 24.3 Å². The molecule has 2 nitrogen and oxygen atoms in total. The molecule has 2 aromatic rings. The van der Waals surface area contributed by atoms with E-state index in [1.807, 2.05) is 6.07 Å². The van der Waals surface area contributed by atoms with Gasteiger partial charge in [-0.1, -0.05) is 29.8 Å². The molecule has 0 saturated carbocycles. The Morgan fingerprint density at radius 1 is 1.37 bits per heavy atom. The minimum atomic E-state index is 0.308. The highest BCUT2D eigenvalue weighted by molar-refractivity contribution is 7.19. The van der Waals surface area contributed by atoms with Crippen molar-refractivity contribution in [3.05, 3.63) is 34.2 Å². The molecule has 1 aromatic heterocycles. The quantitative estimate of drug-likeness (QED) is 0.928. The number of nitrogens with zero attached hydrogens (tertiary/aromatic N) is 1. The van der Waals surface area contributed by atoms with Crippen molar-refractivity contribution in [1.29, 1.82) is 0 Å². The summed E-state index contributed by atoms with van der Waals surface area (Å²) in [7, 11) is 0. The summed E-state index contributed by atoms with van der Waals surface area (Å²) >= 11 is 8.28. The van der Waals surface area contributed by atoms with Crippen molar-refractivity contribution in [3.8, 4) is 0 Å². The van der Waals surface area contributed by atoms with Gasteiger partial charge in [-0.2, -0.15) is 0 Å². The number of aliphatic hydroxyl groups is 1. The highest BCUT2D eigenvalue weighted by Gasteiger charge is 2.23. The number of likely N-dealkylation sites (tertiary alicyclic amines) is 1. The Bertz CT molecular complexity index is 568. The van der Waals surface area contributed by atoms with Gasteiger partial charge in [-0.25, -0.2) is 0 Å². The van der Waals surface area contributed by atoms with Gasteiger partial charge in [-0.15, -0.1) is 11.3 Å².